The van der Waals surface area contributed by atoms with Crippen molar-refractivity contribution in [1.82, 2.24) is 5.43 Å². The van der Waals surface area contributed by atoms with Crippen molar-refractivity contribution in [3.05, 3.63) is 66.2 Å². The molecule has 2 aromatic carbocycles. The molecule has 0 radical (unpaired) electrons. The third-order valence-electron chi connectivity index (χ3n) is 2.44. The van der Waals surface area contributed by atoms with Crippen LogP contribution in [0, 0.1) is 0 Å². The molecule has 2 N–H and O–H groups in total. The molecule has 0 aliphatic carbocycles. The molecule has 0 aromatic heterocycles. The smallest absolute Gasteiger partial charge is 0.205 e. The Morgan fingerprint density at radius 2 is 1.60 bits per heavy atom. The lowest BCUT2D eigenvalue weighted by atomic mass is 10.1. The van der Waals surface area contributed by atoms with E-state index in [0.29, 0.717) is 10.7 Å². The minimum absolute atomic E-state index is 0.180. The van der Waals surface area contributed by atoms with Gasteiger partial charge in [0, 0.05) is 11.3 Å². The SMILES string of the molecule is O=C(/C=N/NC(=S)Nc1ccccc1)c1ccccc1. The van der Waals surface area contributed by atoms with E-state index in [1.54, 1.807) is 24.3 Å². The first-order chi connectivity index (χ1) is 9.75. The van der Waals surface area contributed by atoms with E-state index in [4.69, 9.17) is 12.2 Å². The Hall–Kier alpha value is -2.53. The van der Waals surface area contributed by atoms with Crippen molar-refractivity contribution in [1.29, 1.82) is 0 Å². The van der Waals surface area contributed by atoms with Crippen LogP contribution in [0.25, 0.3) is 0 Å². The third-order valence-corrected chi connectivity index (χ3v) is 2.63. The molecule has 0 aliphatic heterocycles. The molecule has 0 fully saturated rings. The average molecular weight is 283 g/mol. The Kier molecular flexibility index (Phi) is 4.97. The number of thiocarbonyl (C=S) groups is 1. The van der Waals surface area contributed by atoms with Crippen LogP contribution in [-0.4, -0.2) is 17.1 Å². The number of carbonyl (C=O) groups excluding carboxylic acids is 1. The summed E-state index contributed by atoms with van der Waals surface area (Å²) in [6.07, 6.45) is 1.20. The molecule has 0 bridgehead atoms. The summed E-state index contributed by atoms with van der Waals surface area (Å²) in [4.78, 5) is 11.7. The summed E-state index contributed by atoms with van der Waals surface area (Å²) < 4.78 is 0. The summed E-state index contributed by atoms with van der Waals surface area (Å²) in [6.45, 7) is 0. The number of carbonyl (C=O) groups is 1. The molecule has 0 amide bonds. The molecular weight excluding hydrogens is 270 g/mol. The highest BCUT2D eigenvalue weighted by Gasteiger charge is 2.00. The highest BCUT2D eigenvalue weighted by Crippen LogP contribution is 2.04. The van der Waals surface area contributed by atoms with E-state index in [-0.39, 0.29) is 5.78 Å². The van der Waals surface area contributed by atoms with Gasteiger partial charge in [0.2, 0.25) is 5.78 Å². The number of anilines is 1. The lowest BCUT2D eigenvalue weighted by Gasteiger charge is -2.05. The number of rotatable bonds is 4. The second kappa shape index (κ2) is 7.16. The Bertz CT molecular complexity index is 612. The first-order valence-corrected chi connectivity index (χ1v) is 6.41. The van der Waals surface area contributed by atoms with Crippen LogP contribution in [0.3, 0.4) is 0 Å². The van der Waals surface area contributed by atoms with E-state index in [0.717, 1.165) is 5.69 Å². The van der Waals surface area contributed by atoms with Crippen molar-refractivity contribution < 1.29 is 4.79 Å². The number of hydrogen-bond donors (Lipinski definition) is 2. The minimum Gasteiger partial charge on any atom is -0.331 e. The molecule has 0 saturated heterocycles. The van der Waals surface area contributed by atoms with Gasteiger partial charge in [-0.3, -0.25) is 10.2 Å². The van der Waals surface area contributed by atoms with Gasteiger partial charge >= 0.3 is 0 Å². The molecule has 100 valence electrons. The zero-order chi connectivity index (χ0) is 14.2. The van der Waals surface area contributed by atoms with Crippen molar-refractivity contribution in [3.8, 4) is 0 Å². The maximum absolute atomic E-state index is 11.7. The van der Waals surface area contributed by atoms with Crippen LogP contribution in [-0.2, 0) is 0 Å². The van der Waals surface area contributed by atoms with E-state index in [1.165, 1.54) is 6.21 Å². The Labute approximate surface area is 122 Å². The summed E-state index contributed by atoms with van der Waals surface area (Å²) in [5, 5.41) is 7.09. The van der Waals surface area contributed by atoms with Gasteiger partial charge in [-0.2, -0.15) is 5.10 Å². The van der Waals surface area contributed by atoms with Gasteiger partial charge in [0.05, 0.1) is 6.21 Å². The maximum Gasteiger partial charge on any atom is 0.205 e. The summed E-state index contributed by atoms with van der Waals surface area (Å²) >= 11 is 5.06. The van der Waals surface area contributed by atoms with Gasteiger partial charge < -0.3 is 5.32 Å². The third kappa shape index (κ3) is 4.29. The molecule has 0 saturated carbocycles. The fourth-order valence-electron chi connectivity index (χ4n) is 1.51. The summed E-state index contributed by atoms with van der Waals surface area (Å²) in [5.74, 6) is -0.180. The molecule has 0 aliphatic rings. The van der Waals surface area contributed by atoms with Crippen LogP contribution in [0.5, 0.6) is 0 Å². The summed E-state index contributed by atoms with van der Waals surface area (Å²) in [5.41, 5.74) is 4.04. The molecule has 2 rings (SSSR count). The number of ketones is 1. The van der Waals surface area contributed by atoms with Gasteiger partial charge in [-0.05, 0) is 24.4 Å². The molecule has 0 unspecified atom stereocenters. The number of Topliss-reactive ketones (excluding diaryl/α,β-unsaturated/α-hetero) is 1. The van der Waals surface area contributed by atoms with Crippen molar-refractivity contribution in [3.63, 3.8) is 0 Å². The van der Waals surface area contributed by atoms with Crippen molar-refractivity contribution in [2.45, 2.75) is 0 Å². The van der Waals surface area contributed by atoms with E-state index in [1.807, 2.05) is 36.4 Å². The topological polar surface area (TPSA) is 53.5 Å². The van der Waals surface area contributed by atoms with Crippen LogP contribution in [0.15, 0.2) is 65.8 Å². The fraction of sp³-hybridized carbons (Fsp3) is 0. The zero-order valence-electron chi connectivity index (χ0n) is 10.6. The monoisotopic (exact) mass is 283 g/mol. The number of nitrogens with zero attached hydrogens (tertiary/aromatic N) is 1. The molecule has 0 spiro atoms. The molecule has 4 nitrogen and oxygen atoms in total. The van der Waals surface area contributed by atoms with Gasteiger partial charge in [-0.25, -0.2) is 0 Å². The van der Waals surface area contributed by atoms with Crippen molar-refractivity contribution in [2.24, 2.45) is 5.10 Å². The predicted octanol–water partition coefficient (Wildman–Crippen LogP) is 2.84. The first kappa shape index (κ1) is 13.9. The van der Waals surface area contributed by atoms with Crippen LogP contribution in [0.4, 0.5) is 5.69 Å². The Morgan fingerprint density at radius 3 is 2.25 bits per heavy atom. The molecular formula is C15H13N3OS. The van der Waals surface area contributed by atoms with E-state index < -0.39 is 0 Å². The Morgan fingerprint density at radius 1 is 1.00 bits per heavy atom. The number of para-hydroxylation sites is 1. The van der Waals surface area contributed by atoms with Crippen LogP contribution in [0.1, 0.15) is 10.4 Å². The van der Waals surface area contributed by atoms with E-state index in [2.05, 4.69) is 15.8 Å². The quantitative estimate of drug-likeness (QED) is 0.392. The van der Waals surface area contributed by atoms with Gasteiger partial charge in [-0.15, -0.1) is 0 Å². The second-order valence-electron chi connectivity index (χ2n) is 3.92. The zero-order valence-corrected chi connectivity index (χ0v) is 11.4. The highest BCUT2D eigenvalue weighted by molar-refractivity contribution is 7.80. The van der Waals surface area contributed by atoms with Crippen molar-refractivity contribution >= 4 is 35.0 Å². The van der Waals surface area contributed by atoms with Gasteiger partial charge in [0.25, 0.3) is 0 Å². The minimum atomic E-state index is -0.180. The molecule has 20 heavy (non-hydrogen) atoms. The summed E-state index contributed by atoms with van der Waals surface area (Å²) in [6, 6.07) is 18.4. The standard InChI is InChI=1S/C15H13N3OS/c19-14(12-7-3-1-4-8-12)11-16-18-15(20)17-13-9-5-2-6-10-13/h1-11H,(H2,17,18,20)/b16-11+. The van der Waals surface area contributed by atoms with Crippen molar-refractivity contribution in [2.75, 3.05) is 5.32 Å². The first-order valence-electron chi connectivity index (χ1n) is 6.00. The number of hydrazone groups is 1. The molecule has 2 aromatic rings. The molecule has 5 heteroatoms. The second-order valence-corrected chi connectivity index (χ2v) is 4.33. The number of benzene rings is 2. The van der Waals surface area contributed by atoms with Crippen LogP contribution in [0.2, 0.25) is 0 Å². The average Bonchev–Trinajstić information content (AvgIpc) is 2.49. The highest BCUT2D eigenvalue weighted by atomic mass is 32.1. The van der Waals surface area contributed by atoms with Crippen LogP contribution >= 0.6 is 12.2 Å². The summed E-state index contributed by atoms with van der Waals surface area (Å²) in [7, 11) is 0. The largest absolute Gasteiger partial charge is 0.331 e. The molecule has 0 heterocycles. The number of nitrogens with one attached hydrogen (secondary N) is 2. The van der Waals surface area contributed by atoms with E-state index in [9.17, 15) is 4.79 Å². The molecule has 0 atom stereocenters. The predicted molar refractivity (Wildman–Crippen MR) is 85.1 cm³/mol. The lowest BCUT2D eigenvalue weighted by molar-refractivity contribution is 0.107. The number of hydrogen-bond acceptors (Lipinski definition) is 3. The van der Waals surface area contributed by atoms with Gasteiger partial charge in [0.15, 0.2) is 5.11 Å². The van der Waals surface area contributed by atoms with Gasteiger partial charge in [-0.1, -0.05) is 48.5 Å². The normalized spacial score (nSPS) is 10.2. The fourth-order valence-corrected chi connectivity index (χ4v) is 1.68. The van der Waals surface area contributed by atoms with Crippen LogP contribution < -0.4 is 10.7 Å². The van der Waals surface area contributed by atoms with Gasteiger partial charge in [0.1, 0.15) is 0 Å². The lowest BCUT2D eigenvalue weighted by Crippen LogP contribution is -2.24. The Balaban J connectivity index is 1.84. The maximum atomic E-state index is 11.7. The van der Waals surface area contributed by atoms with E-state index >= 15 is 0 Å².